The Morgan fingerprint density at radius 3 is 2.74 bits per heavy atom. The number of ether oxygens (including phenoxy) is 1. The first-order valence-electron chi connectivity index (χ1n) is 6.46. The number of hydrogen-bond donors (Lipinski definition) is 2. The zero-order valence-electron chi connectivity index (χ0n) is 12.3. The molecule has 1 aliphatic rings. The van der Waals surface area contributed by atoms with Crippen molar-refractivity contribution in [3.63, 3.8) is 0 Å². The van der Waals surface area contributed by atoms with Crippen LogP contribution in [0.15, 0.2) is 0 Å². The van der Waals surface area contributed by atoms with Crippen LogP contribution < -0.4 is 10.6 Å². The summed E-state index contributed by atoms with van der Waals surface area (Å²) in [5.74, 6) is 0.405. The highest BCUT2D eigenvalue weighted by atomic mass is 32.2. The first kappa shape index (κ1) is 16.3. The van der Waals surface area contributed by atoms with Crippen LogP contribution in [-0.2, 0) is 14.3 Å². The van der Waals surface area contributed by atoms with Gasteiger partial charge in [-0.1, -0.05) is 0 Å². The number of amides is 2. The molecule has 1 rings (SSSR count). The summed E-state index contributed by atoms with van der Waals surface area (Å²) in [5.41, 5.74) is -0.250. The molecule has 1 fully saturated rings. The van der Waals surface area contributed by atoms with Gasteiger partial charge in [0, 0.05) is 19.4 Å². The summed E-state index contributed by atoms with van der Waals surface area (Å²) < 4.78 is 4.83. The van der Waals surface area contributed by atoms with Crippen molar-refractivity contribution in [2.75, 3.05) is 19.4 Å². The van der Waals surface area contributed by atoms with Crippen molar-refractivity contribution in [1.82, 2.24) is 10.6 Å². The Labute approximate surface area is 119 Å². The molecule has 6 heteroatoms. The van der Waals surface area contributed by atoms with Crippen LogP contribution in [0.5, 0.6) is 0 Å². The van der Waals surface area contributed by atoms with Gasteiger partial charge in [0.2, 0.25) is 11.8 Å². The van der Waals surface area contributed by atoms with E-state index in [0.29, 0.717) is 12.3 Å². The lowest BCUT2D eigenvalue weighted by Gasteiger charge is -2.33. The molecule has 1 saturated heterocycles. The fourth-order valence-electron chi connectivity index (χ4n) is 1.58. The van der Waals surface area contributed by atoms with E-state index < -0.39 is 10.8 Å². The molecule has 0 spiro atoms. The minimum Gasteiger partial charge on any atom is -0.379 e. The zero-order chi connectivity index (χ0) is 14.7. The summed E-state index contributed by atoms with van der Waals surface area (Å²) in [6.45, 7) is 8.21. The highest BCUT2D eigenvalue weighted by Crippen LogP contribution is 2.28. The van der Waals surface area contributed by atoms with E-state index in [2.05, 4.69) is 10.6 Å². The number of rotatable bonds is 5. The predicted octanol–water partition coefficient (Wildman–Crippen LogP) is 0.928. The molecule has 0 bridgehead atoms. The molecule has 0 unspecified atom stereocenters. The van der Waals surface area contributed by atoms with Crippen molar-refractivity contribution in [1.29, 1.82) is 0 Å². The molecule has 1 heterocycles. The van der Waals surface area contributed by atoms with Gasteiger partial charge in [0.1, 0.15) is 6.04 Å². The van der Waals surface area contributed by atoms with Crippen LogP contribution in [0, 0.1) is 0 Å². The number of thioether (sulfide) groups is 1. The van der Waals surface area contributed by atoms with Crippen LogP contribution in [0.3, 0.4) is 0 Å². The smallest absolute Gasteiger partial charge is 0.243 e. The molecule has 0 radical (unpaired) electrons. The molecular formula is C13H24N2O3S. The number of methoxy groups -OCH3 is 1. The molecule has 2 amide bonds. The topological polar surface area (TPSA) is 67.4 Å². The molecule has 110 valence electrons. The van der Waals surface area contributed by atoms with E-state index in [0.717, 1.165) is 6.42 Å². The predicted molar refractivity (Wildman–Crippen MR) is 77.2 cm³/mol. The van der Waals surface area contributed by atoms with Crippen LogP contribution in [0.25, 0.3) is 0 Å². The molecule has 0 aromatic heterocycles. The van der Waals surface area contributed by atoms with E-state index >= 15 is 0 Å². The Hall–Kier alpha value is -0.750. The Kier molecular flexibility index (Phi) is 5.26. The normalized spacial score (nSPS) is 22.8. The van der Waals surface area contributed by atoms with Crippen molar-refractivity contribution < 1.29 is 14.3 Å². The minimum absolute atomic E-state index is 0.0823. The summed E-state index contributed by atoms with van der Waals surface area (Å²) in [4.78, 5) is 23.7. The van der Waals surface area contributed by atoms with Gasteiger partial charge in [-0.05, 0) is 34.1 Å². The van der Waals surface area contributed by atoms with Crippen LogP contribution in [0.1, 0.15) is 34.1 Å². The quantitative estimate of drug-likeness (QED) is 0.790. The van der Waals surface area contributed by atoms with E-state index in [4.69, 9.17) is 4.74 Å². The fourth-order valence-corrected chi connectivity index (χ4v) is 2.59. The second kappa shape index (κ2) is 6.13. The minimum atomic E-state index is -0.450. The highest BCUT2D eigenvalue weighted by Gasteiger charge is 2.37. The lowest BCUT2D eigenvalue weighted by molar-refractivity contribution is -0.129. The lowest BCUT2D eigenvalue weighted by atomic mass is 10.1. The number of hydrogen-bond acceptors (Lipinski definition) is 4. The Balaban J connectivity index is 2.38. The van der Waals surface area contributed by atoms with Gasteiger partial charge >= 0.3 is 0 Å². The van der Waals surface area contributed by atoms with Crippen LogP contribution in [0.4, 0.5) is 0 Å². The van der Waals surface area contributed by atoms with Crippen molar-refractivity contribution >= 4 is 23.6 Å². The van der Waals surface area contributed by atoms with Crippen LogP contribution in [0.2, 0.25) is 0 Å². The standard InChI is InChI=1S/C13H24N2O3S/c1-12(2,18-5)6-7-14-10(16)9-8-19-13(3,4)11(17)15-9/h9H,6-8H2,1-5H3,(H,14,16)(H,15,17)/t9-/m1/s1. The number of carbonyl (C=O) groups is 2. The Morgan fingerprint density at radius 1 is 1.58 bits per heavy atom. The molecule has 19 heavy (non-hydrogen) atoms. The first-order chi connectivity index (χ1) is 8.68. The summed E-state index contributed by atoms with van der Waals surface area (Å²) in [6, 6.07) is -0.434. The van der Waals surface area contributed by atoms with E-state index in [1.165, 1.54) is 11.8 Å². The fraction of sp³-hybridized carbons (Fsp3) is 0.846. The van der Waals surface area contributed by atoms with Crippen molar-refractivity contribution in [2.45, 2.75) is 50.5 Å². The van der Waals surface area contributed by atoms with Gasteiger partial charge < -0.3 is 15.4 Å². The Morgan fingerprint density at radius 2 is 2.21 bits per heavy atom. The van der Waals surface area contributed by atoms with E-state index in [1.807, 2.05) is 27.7 Å². The molecule has 0 saturated carbocycles. The van der Waals surface area contributed by atoms with E-state index in [1.54, 1.807) is 7.11 Å². The summed E-state index contributed by atoms with van der Waals surface area (Å²) in [5, 5.41) is 5.61. The van der Waals surface area contributed by atoms with Gasteiger partial charge in [-0.15, -0.1) is 11.8 Å². The average Bonchev–Trinajstić information content (AvgIpc) is 2.32. The third-order valence-corrected chi connectivity index (χ3v) is 4.77. The third kappa shape index (κ3) is 4.69. The molecule has 5 nitrogen and oxygen atoms in total. The van der Waals surface area contributed by atoms with Gasteiger partial charge in [-0.3, -0.25) is 9.59 Å². The maximum Gasteiger partial charge on any atom is 0.243 e. The molecule has 0 aromatic rings. The zero-order valence-corrected chi connectivity index (χ0v) is 13.1. The molecule has 2 N–H and O–H groups in total. The average molecular weight is 288 g/mol. The lowest BCUT2D eigenvalue weighted by Crippen LogP contribution is -2.57. The summed E-state index contributed by atoms with van der Waals surface area (Å²) in [7, 11) is 1.65. The SMILES string of the molecule is COC(C)(C)CCNC(=O)[C@H]1CSC(C)(C)C(=O)N1. The van der Waals surface area contributed by atoms with Crippen molar-refractivity contribution in [3.8, 4) is 0 Å². The second-order valence-electron chi connectivity index (χ2n) is 5.85. The van der Waals surface area contributed by atoms with Gasteiger partial charge in [0.05, 0.1) is 10.3 Å². The largest absolute Gasteiger partial charge is 0.379 e. The maximum atomic E-state index is 11.9. The van der Waals surface area contributed by atoms with Crippen LogP contribution in [-0.4, -0.2) is 47.6 Å². The molecular weight excluding hydrogens is 264 g/mol. The number of carbonyl (C=O) groups excluding carboxylic acids is 2. The molecule has 0 aliphatic carbocycles. The van der Waals surface area contributed by atoms with Gasteiger partial charge in [-0.25, -0.2) is 0 Å². The van der Waals surface area contributed by atoms with Gasteiger partial charge in [0.15, 0.2) is 0 Å². The van der Waals surface area contributed by atoms with E-state index in [9.17, 15) is 9.59 Å². The number of nitrogens with one attached hydrogen (secondary N) is 2. The van der Waals surface area contributed by atoms with Crippen LogP contribution >= 0.6 is 11.8 Å². The second-order valence-corrected chi connectivity index (χ2v) is 7.49. The Bertz CT molecular complexity index is 356. The first-order valence-corrected chi connectivity index (χ1v) is 7.44. The molecule has 1 atom stereocenters. The van der Waals surface area contributed by atoms with E-state index in [-0.39, 0.29) is 17.4 Å². The maximum absolute atomic E-state index is 11.9. The molecule has 0 aromatic carbocycles. The van der Waals surface area contributed by atoms with Crippen molar-refractivity contribution in [3.05, 3.63) is 0 Å². The monoisotopic (exact) mass is 288 g/mol. The summed E-state index contributed by atoms with van der Waals surface area (Å²) >= 11 is 1.51. The highest BCUT2D eigenvalue weighted by molar-refractivity contribution is 8.01. The van der Waals surface area contributed by atoms with Gasteiger partial charge in [0.25, 0.3) is 0 Å². The third-order valence-electron chi connectivity index (χ3n) is 3.36. The summed E-state index contributed by atoms with van der Waals surface area (Å²) in [6.07, 6.45) is 0.731. The van der Waals surface area contributed by atoms with Crippen molar-refractivity contribution in [2.24, 2.45) is 0 Å². The van der Waals surface area contributed by atoms with Gasteiger partial charge in [-0.2, -0.15) is 0 Å². The molecule has 1 aliphatic heterocycles.